The van der Waals surface area contributed by atoms with Gasteiger partial charge in [0.15, 0.2) is 22.2 Å². The molecule has 7 nitrogen and oxygen atoms in total. The third-order valence-electron chi connectivity index (χ3n) is 4.37. The highest BCUT2D eigenvalue weighted by Crippen LogP contribution is 2.38. The average Bonchev–Trinajstić information content (AvgIpc) is 3.40. The molecule has 4 aromatic rings. The SMILES string of the molecule is OCC(O)COc1cc(Cl)c(-c2nnc(-c3cn4cc(C(F)(F)F)cc(Cl)c4n3)s2)cc1F. The minimum Gasteiger partial charge on any atom is -0.488 e. The molecule has 0 aliphatic carbocycles. The van der Waals surface area contributed by atoms with Crippen molar-refractivity contribution in [3.63, 3.8) is 0 Å². The molecule has 1 atom stereocenters. The summed E-state index contributed by atoms with van der Waals surface area (Å²) in [7, 11) is 0. The summed E-state index contributed by atoms with van der Waals surface area (Å²) >= 11 is 13.2. The minimum atomic E-state index is -4.58. The van der Waals surface area contributed by atoms with E-state index >= 15 is 0 Å². The first-order chi connectivity index (χ1) is 15.6. The van der Waals surface area contributed by atoms with Crippen LogP contribution in [0.4, 0.5) is 17.6 Å². The summed E-state index contributed by atoms with van der Waals surface area (Å²) in [6.45, 7) is -0.884. The number of benzene rings is 1. The fraction of sp³-hybridized carbons (Fsp3) is 0.211. The molecule has 0 saturated carbocycles. The molecule has 1 unspecified atom stereocenters. The molecule has 4 rings (SSSR count). The van der Waals surface area contributed by atoms with Crippen molar-refractivity contribution >= 4 is 40.2 Å². The van der Waals surface area contributed by atoms with E-state index in [4.69, 9.17) is 33.0 Å². The topological polar surface area (TPSA) is 92.8 Å². The van der Waals surface area contributed by atoms with Crippen molar-refractivity contribution in [2.24, 2.45) is 0 Å². The molecule has 0 saturated heterocycles. The van der Waals surface area contributed by atoms with Gasteiger partial charge in [0.2, 0.25) is 0 Å². The first-order valence-corrected chi connectivity index (χ1v) is 10.6. The number of hydrogen-bond donors (Lipinski definition) is 2. The number of aliphatic hydroxyl groups excluding tert-OH is 2. The lowest BCUT2D eigenvalue weighted by atomic mass is 10.2. The summed E-state index contributed by atoms with van der Waals surface area (Å²) in [5, 5.41) is 26.5. The quantitative estimate of drug-likeness (QED) is 0.356. The van der Waals surface area contributed by atoms with Crippen LogP contribution in [0.2, 0.25) is 10.0 Å². The minimum absolute atomic E-state index is 0.0838. The summed E-state index contributed by atoms with van der Waals surface area (Å²) in [6.07, 6.45) is -3.57. The van der Waals surface area contributed by atoms with Crippen molar-refractivity contribution in [1.82, 2.24) is 19.6 Å². The Morgan fingerprint density at radius 2 is 1.82 bits per heavy atom. The van der Waals surface area contributed by atoms with Crippen molar-refractivity contribution in [3.05, 3.63) is 52.0 Å². The zero-order valence-corrected chi connectivity index (χ0v) is 18.5. The fourth-order valence-electron chi connectivity index (χ4n) is 2.79. The first-order valence-electron chi connectivity index (χ1n) is 9.07. The molecule has 33 heavy (non-hydrogen) atoms. The van der Waals surface area contributed by atoms with Gasteiger partial charge in [0.05, 0.1) is 22.2 Å². The van der Waals surface area contributed by atoms with Crippen molar-refractivity contribution in [1.29, 1.82) is 0 Å². The Morgan fingerprint density at radius 1 is 1.09 bits per heavy atom. The number of fused-ring (bicyclic) bond motifs is 1. The van der Waals surface area contributed by atoms with Crippen LogP contribution in [0, 0.1) is 5.82 Å². The van der Waals surface area contributed by atoms with E-state index in [1.165, 1.54) is 12.3 Å². The Balaban J connectivity index is 1.65. The standard InChI is InChI=1S/C19H12Cl2F4N4O3S/c20-11-3-15(32-7-9(31)6-30)13(22)2-10(11)17-27-28-18(33-17)14-5-29-4-8(19(23,24)25)1-12(21)16(29)26-14/h1-5,9,30-31H,6-7H2. The van der Waals surface area contributed by atoms with Crippen LogP contribution in [-0.4, -0.2) is 49.1 Å². The second kappa shape index (κ2) is 9.03. The van der Waals surface area contributed by atoms with Crippen molar-refractivity contribution in [3.8, 4) is 27.0 Å². The summed E-state index contributed by atoms with van der Waals surface area (Å²) in [6, 6.07) is 3.05. The number of alkyl halides is 3. The predicted octanol–water partition coefficient (Wildman–Crippen LogP) is 4.72. The van der Waals surface area contributed by atoms with Gasteiger partial charge in [-0.1, -0.05) is 34.5 Å². The van der Waals surface area contributed by atoms with E-state index in [9.17, 15) is 22.7 Å². The number of nitrogens with zero attached hydrogens (tertiary/aromatic N) is 4. The Hall–Kier alpha value is -2.51. The van der Waals surface area contributed by atoms with E-state index < -0.39 is 30.3 Å². The van der Waals surface area contributed by atoms with Gasteiger partial charge in [0.1, 0.15) is 23.4 Å². The highest BCUT2D eigenvalue weighted by molar-refractivity contribution is 7.18. The second-order valence-electron chi connectivity index (χ2n) is 6.75. The van der Waals surface area contributed by atoms with Crippen LogP contribution in [0.15, 0.2) is 30.6 Å². The van der Waals surface area contributed by atoms with Gasteiger partial charge in [-0.25, -0.2) is 9.37 Å². The number of hydrogen-bond acceptors (Lipinski definition) is 7. The molecule has 2 N–H and O–H groups in total. The lowest BCUT2D eigenvalue weighted by Gasteiger charge is -2.11. The van der Waals surface area contributed by atoms with E-state index in [-0.39, 0.29) is 49.3 Å². The van der Waals surface area contributed by atoms with E-state index in [1.54, 1.807) is 0 Å². The molecule has 0 aliphatic rings. The largest absolute Gasteiger partial charge is 0.488 e. The van der Waals surface area contributed by atoms with Gasteiger partial charge >= 0.3 is 6.18 Å². The van der Waals surface area contributed by atoms with Crippen LogP contribution in [0.25, 0.3) is 26.9 Å². The third-order valence-corrected chi connectivity index (χ3v) is 5.94. The van der Waals surface area contributed by atoms with Gasteiger partial charge in [-0.15, -0.1) is 10.2 Å². The molecule has 14 heteroatoms. The normalized spacial score (nSPS) is 13.0. The van der Waals surface area contributed by atoms with Gasteiger partial charge in [0.25, 0.3) is 0 Å². The molecule has 3 heterocycles. The van der Waals surface area contributed by atoms with Crippen LogP contribution in [0.1, 0.15) is 5.56 Å². The molecule has 3 aromatic heterocycles. The molecule has 0 spiro atoms. The van der Waals surface area contributed by atoms with Crippen molar-refractivity contribution < 1.29 is 32.5 Å². The summed E-state index contributed by atoms with van der Waals surface area (Å²) in [4.78, 5) is 4.22. The smallest absolute Gasteiger partial charge is 0.417 e. The number of aromatic nitrogens is 4. The third kappa shape index (κ3) is 4.89. The number of halogens is 6. The molecular formula is C19H12Cl2F4N4O3S. The highest BCUT2D eigenvalue weighted by Gasteiger charge is 2.32. The number of rotatable bonds is 6. The summed E-state index contributed by atoms with van der Waals surface area (Å²) in [5.41, 5.74) is -0.409. The van der Waals surface area contributed by atoms with Crippen LogP contribution in [0.5, 0.6) is 5.75 Å². The maximum atomic E-state index is 14.4. The van der Waals surface area contributed by atoms with Gasteiger partial charge in [-0.2, -0.15) is 13.2 Å². The lowest BCUT2D eigenvalue weighted by Crippen LogP contribution is -2.21. The molecule has 1 aromatic carbocycles. The fourth-order valence-corrected chi connectivity index (χ4v) is 4.18. The van der Waals surface area contributed by atoms with E-state index in [0.29, 0.717) is 0 Å². The molecule has 0 amide bonds. The average molecular weight is 523 g/mol. The van der Waals surface area contributed by atoms with E-state index in [2.05, 4.69) is 15.2 Å². The maximum Gasteiger partial charge on any atom is 0.417 e. The first kappa shape index (κ1) is 23.6. The number of aliphatic hydroxyl groups is 2. The van der Waals surface area contributed by atoms with E-state index in [1.807, 2.05) is 0 Å². The van der Waals surface area contributed by atoms with Crippen molar-refractivity contribution in [2.75, 3.05) is 13.2 Å². The molecule has 0 radical (unpaired) electrons. The molecule has 0 bridgehead atoms. The number of pyridine rings is 1. The van der Waals surface area contributed by atoms with Gasteiger partial charge < -0.3 is 19.4 Å². The molecule has 174 valence electrons. The van der Waals surface area contributed by atoms with Crippen LogP contribution < -0.4 is 4.74 Å². The summed E-state index contributed by atoms with van der Waals surface area (Å²) < 4.78 is 59.8. The van der Waals surface area contributed by atoms with Gasteiger partial charge in [-0.05, 0) is 12.1 Å². The highest BCUT2D eigenvalue weighted by atomic mass is 35.5. The van der Waals surface area contributed by atoms with E-state index in [0.717, 1.165) is 34.1 Å². The molecule has 0 fully saturated rings. The molecule has 0 aliphatic heterocycles. The zero-order valence-electron chi connectivity index (χ0n) is 16.1. The second-order valence-corrected chi connectivity index (χ2v) is 8.55. The van der Waals surface area contributed by atoms with Crippen LogP contribution >= 0.6 is 34.5 Å². The number of ether oxygens (including phenoxy) is 1. The Bertz CT molecular complexity index is 1330. The van der Waals surface area contributed by atoms with Gasteiger partial charge in [-0.3, -0.25) is 0 Å². The lowest BCUT2D eigenvalue weighted by molar-refractivity contribution is -0.137. The maximum absolute atomic E-state index is 14.4. The Labute approximate surface area is 196 Å². The number of imidazole rings is 1. The monoisotopic (exact) mass is 522 g/mol. The van der Waals surface area contributed by atoms with Gasteiger partial charge in [0, 0.05) is 24.0 Å². The zero-order chi connectivity index (χ0) is 23.9. The van der Waals surface area contributed by atoms with Crippen LogP contribution in [0.3, 0.4) is 0 Å². The summed E-state index contributed by atoms with van der Waals surface area (Å²) in [5.74, 6) is -1.01. The Morgan fingerprint density at radius 3 is 2.52 bits per heavy atom. The molecular weight excluding hydrogens is 511 g/mol. The predicted molar refractivity (Wildman–Crippen MR) is 113 cm³/mol. The van der Waals surface area contributed by atoms with Crippen LogP contribution in [-0.2, 0) is 6.18 Å². The van der Waals surface area contributed by atoms with Crippen molar-refractivity contribution in [2.45, 2.75) is 12.3 Å². The Kier molecular flexibility index (Phi) is 6.47.